The Hall–Kier alpha value is -1.68. The Bertz CT molecular complexity index is 384. The number of aliphatic hydroxyl groups is 1. The maximum Gasteiger partial charge on any atom is 0.244 e. The Balaban J connectivity index is 2.59. The third-order valence-electron chi connectivity index (χ3n) is 2.67. The van der Waals surface area contributed by atoms with Crippen LogP contribution in [0.25, 0.3) is 6.08 Å². The van der Waals surface area contributed by atoms with E-state index < -0.39 is 5.54 Å². The van der Waals surface area contributed by atoms with Gasteiger partial charge in [0.2, 0.25) is 5.91 Å². The molecule has 4 heteroatoms. The van der Waals surface area contributed by atoms with E-state index in [2.05, 4.69) is 10.3 Å². The van der Waals surface area contributed by atoms with Crippen molar-refractivity contribution in [3.8, 4) is 0 Å². The van der Waals surface area contributed by atoms with Gasteiger partial charge in [0.15, 0.2) is 0 Å². The SMILES string of the molecule is CCC(C)(CO)NC(=O)C=Cc1cccnc1. The zero-order valence-electron chi connectivity index (χ0n) is 10.2. The van der Waals surface area contributed by atoms with E-state index in [0.717, 1.165) is 5.56 Å². The molecule has 2 N–H and O–H groups in total. The molecule has 92 valence electrons. The van der Waals surface area contributed by atoms with Gasteiger partial charge in [0.1, 0.15) is 0 Å². The third-order valence-corrected chi connectivity index (χ3v) is 2.67. The minimum atomic E-state index is -0.559. The van der Waals surface area contributed by atoms with Crippen LogP contribution in [0.3, 0.4) is 0 Å². The molecule has 4 nitrogen and oxygen atoms in total. The molecule has 0 radical (unpaired) electrons. The average molecular weight is 234 g/mol. The summed E-state index contributed by atoms with van der Waals surface area (Å²) < 4.78 is 0. The number of aliphatic hydroxyl groups excluding tert-OH is 1. The lowest BCUT2D eigenvalue weighted by atomic mass is 10.0. The van der Waals surface area contributed by atoms with E-state index in [1.165, 1.54) is 6.08 Å². The molecule has 1 aromatic heterocycles. The van der Waals surface area contributed by atoms with Gasteiger partial charge in [-0.05, 0) is 31.1 Å². The molecule has 1 amide bonds. The highest BCUT2D eigenvalue weighted by Crippen LogP contribution is 2.07. The van der Waals surface area contributed by atoms with Gasteiger partial charge >= 0.3 is 0 Å². The number of carbonyl (C=O) groups is 1. The van der Waals surface area contributed by atoms with Gasteiger partial charge in [-0.2, -0.15) is 0 Å². The number of pyridine rings is 1. The van der Waals surface area contributed by atoms with Crippen LogP contribution in [0.15, 0.2) is 30.6 Å². The van der Waals surface area contributed by atoms with Crippen LogP contribution in [0.2, 0.25) is 0 Å². The van der Waals surface area contributed by atoms with E-state index in [1.807, 2.05) is 26.0 Å². The quantitative estimate of drug-likeness (QED) is 0.756. The van der Waals surface area contributed by atoms with Crippen molar-refractivity contribution in [2.75, 3.05) is 6.61 Å². The molecular formula is C13H18N2O2. The summed E-state index contributed by atoms with van der Waals surface area (Å²) in [6.07, 6.45) is 7.17. The topological polar surface area (TPSA) is 62.2 Å². The number of hydrogen-bond donors (Lipinski definition) is 2. The fraction of sp³-hybridized carbons (Fsp3) is 0.385. The van der Waals surface area contributed by atoms with Crippen LogP contribution in [0.5, 0.6) is 0 Å². The maximum atomic E-state index is 11.6. The van der Waals surface area contributed by atoms with Crippen LogP contribution in [0.4, 0.5) is 0 Å². The molecule has 1 atom stereocenters. The molecule has 1 aromatic rings. The number of rotatable bonds is 5. The van der Waals surface area contributed by atoms with E-state index in [0.29, 0.717) is 6.42 Å². The van der Waals surface area contributed by atoms with Gasteiger partial charge in [-0.1, -0.05) is 13.0 Å². The van der Waals surface area contributed by atoms with Crippen LogP contribution >= 0.6 is 0 Å². The summed E-state index contributed by atoms with van der Waals surface area (Å²) in [5.41, 5.74) is 0.306. The maximum absolute atomic E-state index is 11.6. The number of amides is 1. The standard InChI is InChI=1S/C13H18N2O2/c1-3-13(2,10-16)15-12(17)7-6-11-5-4-8-14-9-11/h4-9,16H,3,10H2,1-2H3,(H,15,17). The summed E-state index contributed by atoms with van der Waals surface area (Å²) in [5.74, 6) is -0.216. The number of nitrogens with one attached hydrogen (secondary N) is 1. The Morgan fingerprint density at radius 1 is 1.65 bits per heavy atom. The molecular weight excluding hydrogens is 216 g/mol. The van der Waals surface area contributed by atoms with E-state index >= 15 is 0 Å². The highest BCUT2D eigenvalue weighted by Gasteiger charge is 2.21. The van der Waals surface area contributed by atoms with Gasteiger partial charge in [-0.3, -0.25) is 9.78 Å². The zero-order chi connectivity index (χ0) is 12.7. The Morgan fingerprint density at radius 3 is 2.94 bits per heavy atom. The first-order valence-corrected chi connectivity index (χ1v) is 5.61. The molecule has 1 heterocycles. The molecule has 0 saturated carbocycles. The second-order valence-corrected chi connectivity index (χ2v) is 4.18. The fourth-order valence-corrected chi connectivity index (χ4v) is 1.23. The highest BCUT2D eigenvalue weighted by molar-refractivity contribution is 5.92. The molecule has 0 spiro atoms. The molecule has 1 rings (SSSR count). The predicted octanol–water partition coefficient (Wildman–Crippen LogP) is 1.37. The Labute approximate surface area is 101 Å². The van der Waals surface area contributed by atoms with E-state index in [4.69, 9.17) is 0 Å². The van der Waals surface area contributed by atoms with Crippen molar-refractivity contribution < 1.29 is 9.90 Å². The zero-order valence-corrected chi connectivity index (χ0v) is 10.2. The lowest BCUT2D eigenvalue weighted by Crippen LogP contribution is -2.47. The van der Waals surface area contributed by atoms with Crippen LogP contribution < -0.4 is 5.32 Å². The lowest BCUT2D eigenvalue weighted by Gasteiger charge is -2.26. The average Bonchev–Trinajstić information content (AvgIpc) is 2.37. The van der Waals surface area contributed by atoms with Gasteiger partial charge in [-0.25, -0.2) is 0 Å². The first kappa shape index (κ1) is 13.4. The van der Waals surface area contributed by atoms with Crippen molar-refractivity contribution in [2.45, 2.75) is 25.8 Å². The van der Waals surface area contributed by atoms with Crippen molar-refractivity contribution in [1.82, 2.24) is 10.3 Å². The van der Waals surface area contributed by atoms with Crippen LogP contribution in [-0.4, -0.2) is 28.1 Å². The summed E-state index contributed by atoms with van der Waals surface area (Å²) in [5, 5.41) is 11.9. The third kappa shape index (κ3) is 4.36. The smallest absolute Gasteiger partial charge is 0.244 e. The molecule has 0 bridgehead atoms. The minimum Gasteiger partial charge on any atom is -0.394 e. The van der Waals surface area contributed by atoms with Crippen molar-refractivity contribution in [1.29, 1.82) is 0 Å². The summed E-state index contributed by atoms with van der Waals surface area (Å²) in [6, 6.07) is 3.67. The number of nitrogens with zero attached hydrogens (tertiary/aromatic N) is 1. The largest absolute Gasteiger partial charge is 0.394 e. The summed E-state index contributed by atoms with van der Waals surface area (Å²) >= 11 is 0. The summed E-state index contributed by atoms with van der Waals surface area (Å²) in [4.78, 5) is 15.6. The number of hydrogen-bond acceptors (Lipinski definition) is 3. The highest BCUT2D eigenvalue weighted by atomic mass is 16.3. The number of aromatic nitrogens is 1. The molecule has 0 fully saturated rings. The van der Waals surface area contributed by atoms with Crippen molar-refractivity contribution in [3.05, 3.63) is 36.2 Å². The first-order valence-electron chi connectivity index (χ1n) is 5.61. The van der Waals surface area contributed by atoms with E-state index in [1.54, 1.807) is 18.5 Å². The molecule has 0 aromatic carbocycles. The second-order valence-electron chi connectivity index (χ2n) is 4.18. The van der Waals surface area contributed by atoms with Crippen molar-refractivity contribution in [2.24, 2.45) is 0 Å². The van der Waals surface area contributed by atoms with Gasteiger partial charge in [0, 0.05) is 18.5 Å². The van der Waals surface area contributed by atoms with Crippen molar-refractivity contribution >= 4 is 12.0 Å². The lowest BCUT2D eigenvalue weighted by molar-refractivity contribution is -0.118. The van der Waals surface area contributed by atoms with Crippen LogP contribution in [0.1, 0.15) is 25.8 Å². The molecule has 0 saturated heterocycles. The first-order chi connectivity index (χ1) is 8.09. The van der Waals surface area contributed by atoms with Gasteiger partial charge in [-0.15, -0.1) is 0 Å². The fourth-order valence-electron chi connectivity index (χ4n) is 1.23. The monoisotopic (exact) mass is 234 g/mol. The molecule has 1 unspecified atom stereocenters. The van der Waals surface area contributed by atoms with E-state index in [9.17, 15) is 9.90 Å². The molecule has 0 aliphatic carbocycles. The van der Waals surface area contributed by atoms with Gasteiger partial charge in [0.05, 0.1) is 12.1 Å². The van der Waals surface area contributed by atoms with Crippen LogP contribution in [-0.2, 0) is 4.79 Å². The Kier molecular flexibility index (Phi) is 4.84. The summed E-state index contributed by atoms with van der Waals surface area (Å²) in [7, 11) is 0. The van der Waals surface area contributed by atoms with Crippen molar-refractivity contribution in [3.63, 3.8) is 0 Å². The molecule has 0 aliphatic rings. The van der Waals surface area contributed by atoms with Gasteiger partial charge < -0.3 is 10.4 Å². The van der Waals surface area contributed by atoms with Gasteiger partial charge in [0.25, 0.3) is 0 Å². The minimum absolute atomic E-state index is 0.0734. The number of carbonyl (C=O) groups excluding carboxylic acids is 1. The summed E-state index contributed by atoms with van der Waals surface area (Å²) in [6.45, 7) is 3.65. The van der Waals surface area contributed by atoms with E-state index in [-0.39, 0.29) is 12.5 Å². The Morgan fingerprint density at radius 2 is 2.41 bits per heavy atom. The van der Waals surface area contributed by atoms with Crippen LogP contribution in [0, 0.1) is 0 Å². The normalized spacial score (nSPS) is 14.5. The predicted molar refractivity (Wildman–Crippen MR) is 67.2 cm³/mol. The molecule has 0 aliphatic heterocycles. The molecule has 17 heavy (non-hydrogen) atoms. The second kappa shape index (κ2) is 6.15.